The van der Waals surface area contributed by atoms with Crippen molar-refractivity contribution in [1.29, 1.82) is 0 Å². The lowest BCUT2D eigenvalue weighted by atomic mass is 10.2. The molecule has 0 radical (unpaired) electrons. The first-order valence-corrected chi connectivity index (χ1v) is 12.9. The van der Waals surface area contributed by atoms with Gasteiger partial charge in [-0.3, -0.25) is 0 Å². The van der Waals surface area contributed by atoms with E-state index in [0.29, 0.717) is 6.61 Å². The van der Waals surface area contributed by atoms with E-state index in [0.717, 1.165) is 11.1 Å². The minimum Gasteiger partial charge on any atom is -0.457 e. The zero-order chi connectivity index (χ0) is 12.6. The summed E-state index contributed by atoms with van der Waals surface area (Å²) in [5, 5.41) is 0. The highest BCUT2D eigenvalue weighted by molar-refractivity contribution is 6.82. The molecule has 0 aromatic heterocycles. The van der Waals surface area contributed by atoms with Crippen LogP contribution in [0, 0.1) is 0 Å². The van der Waals surface area contributed by atoms with Crippen LogP contribution in [0.1, 0.15) is 0 Å². The highest BCUT2D eigenvalue weighted by atomic mass is 28.3. The van der Waals surface area contributed by atoms with E-state index >= 15 is 0 Å². The summed E-state index contributed by atoms with van der Waals surface area (Å²) in [6, 6.07) is 0. The number of esters is 1. The first kappa shape index (κ1) is 13.4. The second kappa shape index (κ2) is 4.33. The van der Waals surface area contributed by atoms with Gasteiger partial charge in [0.05, 0.1) is 21.7 Å². The van der Waals surface area contributed by atoms with E-state index in [-0.39, 0.29) is 5.97 Å². The molecule has 0 atom stereocenters. The second-order valence-electron chi connectivity index (χ2n) is 6.54. The number of ether oxygens (including phenoxy) is 1. The number of cyclic esters (lactones) is 1. The molecule has 0 saturated carbocycles. The van der Waals surface area contributed by atoms with Crippen molar-refractivity contribution in [1.82, 2.24) is 0 Å². The minimum atomic E-state index is -1.37. The molecule has 1 aliphatic rings. The number of hydrogen-bond donors (Lipinski definition) is 0. The van der Waals surface area contributed by atoms with Crippen LogP contribution < -0.4 is 0 Å². The average Bonchev–Trinajstić information content (AvgIpc) is 2.30. The minimum absolute atomic E-state index is 0.132. The van der Waals surface area contributed by atoms with Crippen LogP contribution >= 0.6 is 0 Å². The predicted octanol–water partition coefficient (Wildman–Crippen LogP) is 3.15. The Morgan fingerprint density at radius 1 is 1.00 bits per heavy atom. The lowest BCUT2D eigenvalue weighted by Gasteiger charge is -2.13. The number of hydrogen-bond acceptors (Lipinski definition) is 2. The third kappa shape index (κ3) is 4.10. The quantitative estimate of drug-likeness (QED) is 0.430. The van der Waals surface area contributed by atoms with E-state index in [2.05, 4.69) is 50.7 Å². The van der Waals surface area contributed by atoms with Gasteiger partial charge in [0.25, 0.3) is 0 Å². The Kier molecular flexibility index (Phi) is 3.64. The topological polar surface area (TPSA) is 26.3 Å². The first-order valence-electron chi connectivity index (χ1n) is 5.71. The van der Waals surface area contributed by atoms with Gasteiger partial charge in [0, 0.05) is 0 Å². The van der Waals surface area contributed by atoms with Crippen LogP contribution in [-0.2, 0) is 9.53 Å². The summed E-state index contributed by atoms with van der Waals surface area (Å²) in [4.78, 5) is 11.7. The molecule has 0 aromatic carbocycles. The van der Waals surface area contributed by atoms with Crippen molar-refractivity contribution in [3.63, 3.8) is 0 Å². The van der Waals surface area contributed by atoms with E-state index in [9.17, 15) is 4.79 Å². The summed E-state index contributed by atoms with van der Waals surface area (Å²) in [6.45, 7) is 14.0. The standard InChI is InChI=1S/C12H22O2Si2/c1-15(2,3)8-10-7-14-12(13)11(10)9-16(4,5)6/h8-9H,7H2,1-6H3/b10-8+,11-9-. The largest absolute Gasteiger partial charge is 0.457 e. The van der Waals surface area contributed by atoms with Gasteiger partial charge in [-0.2, -0.15) is 0 Å². The molecular weight excluding hydrogens is 232 g/mol. The van der Waals surface area contributed by atoms with Crippen molar-refractivity contribution in [3.8, 4) is 0 Å². The smallest absolute Gasteiger partial charge is 0.338 e. The van der Waals surface area contributed by atoms with Crippen molar-refractivity contribution in [2.45, 2.75) is 39.3 Å². The fourth-order valence-electron chi connectivity index (χ4n) is 1.66. The Balaban J connectivity index is 3.10. The number of carbonyl (C=O) groups excluding carboxylic acids is 1. The molecule has 1 saturated heterocycles. The molecule has 0 aliphatic carbocycles. The van der Waals surface area contributed by atoms with Gasteiger partial charge in [-0.05, 0) is 5.57 Å². The van der Waals surface area contributed by atoms with Crippen LogP contribution in [0.15, 0.2) is 22.5 Å². The van der Waals surface area contributed by atoms with Crippen molar-refractivity contribution in [2.75, 3.05) is 6.61 Å². The third-order valence-electron chi connectivity index (χ3n) is 2.11. The summed E-state index contributed by atoms with van der Waals surface area (Å²) in [5.41, 5.74) is 6.39. The third-order valence-corrected chi connectivity index (χ3v) is 4.48. The molecule has 1 fully saturated rings. The molecule has 90 valence electrons. The maximum Gasteiger partial charge on any atom is 0.338 e. The molecule has 1 rings (SSSR count). The van der Waals surface area contributed by atoms with Crippen molar-refractivity contribution in [2.24, 2.45) is 0 Å². The SMILES string of the molecule is C[Si](C)(C)/C=C1\COC(=O)\C1=C/[Si](C)(C)C. The second-order valence-corrected chi connectivity index (χ2v) is 16.6. The van der Waals surface area contributed by atoms with Gasteiger partial charge in [-0.1, -0.05) is 50.7 Å². The normalized spacial score (nSPS) is 23.0. The molecule has 16 heavy (non-hydrogen) atoms. The van der Waals surface area contributed by atoms with E-state index in [1.54, 1.807) is 0 Å². The zero-order valence-corrected chi connectivity index (χ0v) is 13.2. The summed E-state index contributed by atoms with van der Waals surface area (Å²) in [6.07, 6.45) is 0. The molecule has 4 heteroatoms. The molecule has 0 bridgehead atoms. The van der Waals surface area contributed by atoms with Crippen molar-refractivity contribution < 1.29 is 9.53 Å². The van der Waals surface area contributed by atoms with Gasteiger partial charge in [0.15, 0.2) is 0 Å². The van der Waals surface area contributed by atoms with Crippen LogP contribution in [-0.4, -0.2) is 28.7 Å². The molecule has 1 heterocycles. The summed E-state index contributed by atoms with van der Waals surface area (Å²) < 4.78 is 5.14. The molecule has 0 unspecified atom stereocenters. The van der Waals surface area contributed by atoms with Crippen molar-refractivity contribution >= 4 is 22.1 Å². The molecule has 0 amide bonds. The number of carbonyl (C=O) groups is 1. The van der Waals surface area contributed by atoms with Gasteiger partial charge in [-0.15, -0.1) is 0 Å². The van der Waals surface area contributed by atoms with Gasteiger partial charge in [0.2, 0.25) is 0 Å². The number of rotatable bonds is 2. The van der Waals surface area contributed by atoms with E-state index in [4.69, 9.17) is 4.74 Å². The summed E-state index contributed by atoms with van der Waals surface area (Å²) in [7, 11) is -2.66. The Morgan fingerprint density at radius 3 is 1.94 bits per heavy atom. The molecule has 1 aliphatic heterocycles. The van der Waals surface area contributed by atoms with E-state index in [1.165, 1.54) is 0 Å². The van der Waals surface area contributed by atoms with Gasteiger partial charge in [-0.25, -0.2) is 4.79 Å². The lowest BCUT2D eigenvalue weighted by molar-refractivity contribution is -0.134. The Bertz CT molecular complexity index is 354. The van der Waals surface area contributed by atoms with Crippen LogP contribution in [0.25, 0.3) is 0 Å². The van der Waals surface area contributed by atoms with Crippen LogP contribution in [0.5, 0.6) is 0 Å². The van der Waals surface area contributed by atoms with Crippen molar-refractivity contribution in [3.05, 3.63) is 22.5 Å². The molecule has 0 spiro atoms. The maximum atomic E-state index is 11.7. The summed E-state index contributed by atoms with van der Waals surface area (Å²) >= 11 is 0. The zero-order valence-electron chi connectivity index (χ0n) is 11.2. The monoisotopic (exact) mass is 254 g/mol. The Hall–Kier alpha value is -0.616. The Labute approximate surface area is 100 Å². The fraction of sp³-hybridized carbons (Fsp3) is 0.583. The highest BCUT2D eigenvalue weighted by Crippen LogP contribution is 2.25. The van der Waals surface area contributed by atoms with E-state index < -0.39 is 16.1 Å². The lowest BCUT2D eigenvalue weighted by Crippen LogP contribution is -2.20. The maximum absolute atomic E-state index is 11.7. The highest BCUT2D eigenvalue weighted by Gasteiger charge is 2.28. The Morgan fingerprint density at radius 2 is 1.50 bits per heavy atom. The van der Waals surface area contributed by atoms with Crippen LogP contribution in [0.4, 0.5) is 0 Å². The van der Waals surface area contributed by atoms with Crippen LogP contribution in [0.3, 0.4) is 0 Å². The summed E-state index contributed by atoms with van der Waals surface area (Å²) in [5.74, 6) is -0.132. The molecular formula is C12H22O2Si2. The fourth-order valence-corrected chi connectivity index (χ4v) is 4.11. The van der Waals surface area contributed by atoms with Gasteiger partial charge in [0.1, 0.15) is 6.61 Å². The first-order chi connectivity index (χ1) is 7.08. The van der Waals surface area contributed by atoms with Gasteiger partial charge < -0.3 is 4.74 Å². The van der Waals surface area contributed by atoms with Crippen LogP contribution in [0.2, 0.25) is 39.3 Å². The van der Waals surface area contributed by atoms with Gasteiger partial charge >= 0.3 is 5.97 Å². The average molecular weight is 254 g/mol. The molecule has 0 aromatic rings. The molecule has 2 nitrogen and oxygen atoms in total. The molecule has 0 N–H and O–H groups in total. The predicted molar refractivity (Wildman–Crippen MR) is 73.8 cm³/mol. The van der Waals surface area contributed by atoms with E-state index in [1.807, 2.05) is 0 Å².